The second-order valence-electron chi connectivity index (χ2n) is 10.8. The van der Waals surface area contributed by atoms with Gasteiger partial charge in [-0.25, -0.2) is 18.7 Å². The summed E-state index contributed by atoms with van der Waals surface area (Å²) in [5, 5.41) is 0. The lowest BCUT2D eigenvalue weighted by Crippen LogP contribution is -2.44. The second kappa shape index (κ2) is 12.0. The summed E-state index contributed by atoms with van der Waals surface area (Å²) < 4.78 is 46.6. The van der Waals surface area contributed by atoms with E-state index >= 15 is 0 Å². The van der Waals surface area contributed by atoms with Gasteiger partial charge in [-0.15, -0.1) is 0 Å². The number of fused-ring (bicyclic) bond motifs is 1. The van der Waals surface area contributed by atoms with Gasteiger partial charge >= 0.3 is 0 Å². The number of likely N-dealkylation sites (tertiary alicyclic amines) is 1. The third-order valence-electron chi connectivity index (χ3n) is 7.99. The summed E-state index contributed by atoms with van der Waals surface area (Å²) >= 11 is 0. The molecule has 3 aromatic rings. The number of halogens is 2. The van der Waals surface area contributed by atoms with Crippen LogP contribution in [0.1, 0.15) is 55.6 Å². The number of aryl methyl sites for hydroxylation is 1. The number of aromatic nitrogens is 4. The van der Waals surface area contributed by atoms with E-state index in [9.17, 15) is 13.6 Å². The van der Waals surface area contributed by atoms with Crippen LogP contribution in [0.25, 0.3) is 6.08 Å². The summed E-state index contributed by atoms with van der Waals surface area (Å²) in [6.07, 6.45) is 8.88. The van der Waals surface area contributed by atoms with Crippen molar-refractivity contribution in [1.29, 1.82) is 0 Å². The van der Waals surface area contributed by atoms with Crippen LogP contribution in [0.5, 0.6) is 11.6 Å². The number of nitrogens with zero attached hydrogens (tertiary/aromatic N) is 5. The van der Waals surface area contributed by atoms with E-state index in [0.29, 0.717) is 18.2 Å². The van der Waals surface area contributed by atoms with Gasteiger partial charge in [0.2, 0.25) is 5.88 Å². The lowest BCUT2D eigenvalue weighted by Gasteiger charge is -2.37. The smallest absolute Gasteiger partial charge is 0.216 e. The number of carbonyl (C=O) groups is 1. The van der Waals surface area contributed by atoms with Gasteiger partial charge in [0.25, 0.3) is 0 Å². The van der Waals surface area contributed by atoms with E-state index in [1.54, 1.807) is 12.3 Å². The number of aldehydes is 1. The first-order valence-electron chi connectivity index (χ1n) is 14.1. The van der Waals surface area contributed by atoms with Gasteiger partial charge in [-0.3, -0.25) is 9.69 Å². The Balaban J connectivity index is 1.07. The molecule has 9 nitrogen and oxygen atoms in total. The van der Waals surface area contributed by atoms with E-state index in [0.717, 1.165) is 93.0 Å². The fraction of sp³-hybridized carbons (Fsp3) is 0.467. The number of imidazole rings is 1. The number of hydrogen-bond donors (Lipinski definition) is 0. The molecule has 1 aromatic carbocycles. The highest BCUT2D eigenvalue weighted by Crippen LogP contribution is 2.29. The molecule has 41 heavy (non-hydrogen) atoms. The molecule has 0 unspecified atom stereocenters. The van der Waals surface area contributed by atoms with Gasteiger partial charge in [0.05, 0.1) is 30.6 Å². The topological polar surface area (TPSA) is 91.6 Å². The number of hydrogen-bond acceptors (Lipinski definition) is 8. The van der Waals surface area contributed by atoms with E-state index in [4.69, 9.17) is 19.2 Å². The van der Waals surface area contributed by atoms with Crippen LogP contribution in [0.2, 0.25) is 0 Å². The van der Waals surface area contributed by atoms with E-state index in [2.05, 4.69) is 26.4 Å². The van der Waals surface area contributed by atoms with Crippen molar-refractivity contribution >= 4 is 12.4 Å². The van der Waals surface area contributed by atoms with E-state index in [1.807, 2.05) is 6.08 Å². The largest absolute Gasteiger partial charge is 0.483 e. The van der Waals surface area contributed by atoms with Crippen LogP contribution in [-0.2, 0) is 35.6 Å². The molecule has 6 rings (SSSR count). The van der Waals surface area contributed by atoms with Crippen molar-refractivity contribution in [3.05, 3.63) is 70.7 Å². The fourth-order valence-electron chi connectivity index (χ4n) is 5.60. The standard InChI is InChI=1S/C30H33F2N5O4/c1-19-12-22(41-30-6-9-33-28(35-30)18-40-27-5-3-21(31)14-24(27)32)7-10-36(19)16-29-34-25-4-2-20(17-38)13-26(25)37(29)15-23-8-11-39-23/h3,5-6,9,13-14,17,19,22-23H,2,4,7-8,10-12,15-16,18H2,1H3/t19-,22-,23-/m0/s1. The second-order valence-corrected chi connectivity index (χ2v) is 10.8. The van der Waals surface area contributed by atoms with Crippen molar-refractivity contribution < 1.29 is 27.8 Å². The van der Waals surface area contributed by atoms with Crippen molar-refractivity contribution in [1.82, 2.24) is 24.4 Å². The molecule has 0 N–H and O–H groups in total. The number of piperidine rings is 1. The van der Waals surface area contributed by atoms with Crippen LogP contribution in [0, 0.1) is 11.6 Å². The van der Waals surface area contributed by atoms with Crippen molar-refractivity contribution in [3.8, 4) is 11.6 Å². The normalized spacial score (nSPS) is 22.4. The monoisotopic (exact) mass is 565 g/mol. The van der Waals surface area contributed by atoms with Crippen LogP contribution in [0.3, 0.4) is 0 Å². The molecule has 0 amide bonds. The number of ether oxygens (including phenoxy) is 3. The highest BCUT2D eigenvalue weighted by atomic mass is 19.1. The molecule has 0 saturated carbocycles. The summed E-state index contributed by atoms with van der Waals surface area (Å²) in [5.74, 6) is 0.279. The van der Waals surface area contributed by atoms with E-state index < -0.39 is 11.6 Å². The van der Waals surface area contributed by atoms with Crippen molar-refractivity contribution in [2.75, 3.05) is 13.2 Å². The third kappa shape index (κ3) is 6.31. The predicted molar refractivity (Wildman–Crippen MR) is 145 cm³/mol. The first-order chi connectivity index (χ1) is 19.9. The lowest BCUT2D eigenvalue weighted by molar-refractivity contribution is -0.105. The van der Waals surface area contributed by atoms with Crippen molar-refractivity contribution in [3.63, 3.8) is 0 Å². The van der Waals surface area contributed by atoms with Crippen LogP contribution in [0.15, 0.2) is 36.0 Å². The van der Waals surface area contributed by atoms with Gasteiger partial charge in [0.15, 0.2) is 17.4 Å². The minimum Gasteiger partial charge on any atom is -0.483 e. The first-order valence-corrected chi connectivity index (χ1v) is 14.1. The van der Waals surface area contributed by atoms with Crippen molar-refractivity contribution in [2.45, 2.75) is 77.0 Å². The lowest BCUT2D eigenvalue weighted by atomic mass is 10.0. The van der Waals surface area contributed by atoms with E-state index in [1.165, 1.54) is 6.07 Å². The Bertz CT molecular complexity index is 1440. The summed E-state index contributed by atoms with van der Waals surface area (Å²) in [7, 11) is 0. The maximum absolute atomic E-state index is 13.9. The molecule has 4 heterocycles. The highest BCUT2D eigenvalue weighted by molar-refractivity contribution is 5.82. The molecular formula is C30H33F2N5O4. The first kappa shape index (κ1) is 27.5. The molecule has 3 aliphatic rings. The maximum Gasteiger partial charge on any atom is 0.216 e. The fourth-order valence-corrected chi connectivity index (χ4v) is 5.60. The Hall–Kier alpha value is -3.70. The van der Waals surface area contributed by atoms with Gasteiger partial charge < -0.3 is 18.8 Å². The Morgan fingerprint density at radius 3 is 2.80 bits per heavy atom. The highest BCUT2D eigenvalue weighted by Gasteiger charge is 2.30. The Morgan fingerprint density at radius 1 is 1.17 bits per heavy atom. The zero-order valence-corrected chi connectivity index (χ0v) is 23.0. The molecule has 0 spiro atoms. The molecular weight excluding hydrogens is 532 g/mol. The minimum atomic E-state index is -0.778. The quantitative estimate of drug-likeness (QED) is 0.337. The molecule has 11 heteroatoms. The van der Waals surface area contributed by atoms with Crippen LogP contribution >= 0.6 is 0 Å². The number of benzene rings is 1. The van der Waals surface area contributed by atoms with Gasteiger partial charge in [-0.2, -0.15) is 4.98 Å². The molecule has 0 radical (unpaired) electrons. The zero-order valence-electron chi connectivity index (χ0n) is 23.0. The minimum absolute atomic E-state index is 0.0196. The average molecular weight is 566 g/mol. The Kier molecular flexibility index (Phi) is 8.06. The molecule has 0 bridgehead atoms. The summed E-state index contributed by atoms with van der Waals surface area (Å²) in [6, 6.07) is 5.10. The Morgan fingerprint density at radius 2 is 2.05 bits per heavy atom. The zero-order chi connectivity index (χ0) is 28.3. The summed E-state index contributed by atoms with van der Waals surface area (Å²) in [6.45, 7) is 5.22. The maximum atomic E-state index is 13.9. The van der Waals surface area contributed by atoms with Gasteiger partial charge in [0.1, 0.15) is 30.6 Å². The summed E-state index contributed by atoms with van der Waals surface area (Å²) in [4.78, 5) is 27.5. The predicted octanol–water partition coefficient (Wildman–Crippen LogP) is 4.28. The number of allylic oxidation sites excluding steroid dienone is 1. The van der Waals surface area contributed by atoms with Crippen LogP contribution in [-0.4, -0.2) is 62.1 Å². The van der Waals surface area contributed by atoms with Gasteiger partial charge in [0, 0.05) is 37.5 Å². The third-order valence-corrected chi connectivity index (χ3v) is 7.99. The van der Waals surface area contributed by atoms with Crippen LogP contribution in [0.4, 0.5) is 8.78 Å². The van der Waals surface area contributed by atoms with Crippen molar-refractivity contribution in [2.24, 2.45) is 0 Å². The van der Waals surface area contributed by atoms with Crippen LogP contribution < -0.4 is 9.47 Å². The van der Waals surface area contributed by atoms with E-state index in [-0.39, 0.29) is 30.6 Å². The molecule has 1 aliphatic carbocycles. The van der Waals surface area contributed by atoms with Gasteiger partial charge in [-0.1, -0.05) is 0 Å². The SMILES string of the molecule is C[C@H]1C[C@@H](Oc2ccnc(COc3ccc(F)cc3F)n2)CCN1Cc1nc2c(n1C[C@@H]1CCO1)C=C(C=O)CC2. The average Bonchev–Trinajstić information content (AvgIpc) is 3.27. The number of rotatable bonds is 10. The molecule has 2 fully saturated rings. The summed E-state index contributed by atoms with van der Waals surface area (Å²) in [5.41, 5.74) is 2.91. The molecule has 3 atom stereocenters. The van der Waals surface area contributed by atoms with Gasteiger partial charge in [-0.05, 0) is 62.8 Å². The molecule has 2 saturated heterocycles. The molecule has 216 valence electrons. The Labute approximate surface area is 237 Å². The number of carbonyl (C=O) groups excluding carboxylic acids is 1. The molecule has 2 aromatic heterocycles. The molecule has 2 aliphatic heterocycles.